The molecule has 5 nitrogen and oxygen atoms in total. The topological polar surface area (TPSA) is 54.5 Å². The maximum absolute atomic E-state index is 13.5. The molecule has 138 valence electrons. The number of aromatic nitrogens is 1. The number of morpholine rings is 1. The maximum Gasteiger partial charge on any atom is 0.241 e. The van der Waals surface area contributed by atoms with Gasteiger partial charge in [-0.15, -0.1) is 0 Å². The average molecular weight is 345 g/mol. The Balaban J connectivity index is 1.81. The van der Waals surface area contributed by atoms with Crippen molar-refractivity contribution in [2.45, 2.75) is 57.5 Å². The second kappa shape index (κ2) is 8.28. The van der Waals surface area contributed by atoms with E-state index in [1.165, 1.54) is 6.42 Å². The first-order valence-corrected chi connectivity index (χ1v) is 9.67. The number of hydrogen-bond donors (Lipinski definition) is 1. The summed E-state index contributed by atoms with van der Waals surface area (Å²) in [7, 11) is 0. The summed E-state index contributed by atoms with van der Waals surface area (Å²) in [6, 6.07) is 4.00. The van der Waals surface area contributed by atoms with Gasteiger partial charge in [-0.1, -0.05) is 39.2 Å². The van der Waals surface area contributed by atoms with Crippen molar-refractivity contribution in [1.82, 2.24) is 15.2 Å². The van der Waals surface area contributed by atoms with Gasteiger partial charge in [0.25, 0.3) is 0 Å². The molecule has 0 unspecified atom stereocenters. The van der Waals surface area contributed by atoms with Crippen molar-refractivity contribution in [2.75, 3.05) is 26.3 Å². The first-order valence-electron chi connectivity index (χ1n) is 9.67. The van der Waals surface area contributed by atoms with E-state index in [1.807, 2.05) is 12.3 Å². The van der Waals surface area contributed by atoms with Crippen molar-refractivity contribution in [3.05, 3.63) is 30.1 Å². The van der Waals surface area contributed by atoms with Gasteiger partial charge < -0.3 is 10.1 Å². The largest absolute Gasteiger partial charge is 0.379 e. The van der Waals surface area contributed by atoms with Gasteiger partial charge in [-0.25, -0.2) is 0 Å². The van der Waals surface area contributed by atoms with Gasteiger partial charge in [0.2, 0.25) is 5.91 Å². The van der Waals surface area contributed by atoms with E-state index < -0.39 is 0 Å². The summed E-state index contributed by atoms with van der Waals surface area (Å²) < 4.78 is 5.52. The molecule has 5 heteroatoms. The van der Waals surface area contributed by atoms with Crippen LogP contribution in [0.25, 0.3) is 0 Å². The molecule has 1 aliphatic heterocycles. The predicted octanol–water partition coefficient (Wildman–Crippen LogP) is 2.93. The van der Waals surface area contributed by atoms with E-state index in [2.05, 4.69) is 35.1 Å². The molecule has 1 saturated carbocycles. The van der Waals surface area contributed by atoms with Gasteiger partial charge in [0.05, 0.1) is 19.3 Å². The summed E-state index contributed by atoms with van der Waals surface area (Å²) in [4.78, 5) is 20.1. The van der Waals surface area contributed by atoms with Crippen LogP contribution >= 0.6 is 0 Å². The quantitative estimate of drug-likeness (QED) is 0.891. The third kappa shape index (κ3) is 4.04. The van der Waals surface area contributed by atoms with Crippen LogP contribution < -0.4 is 5.32 Å². The summed E-state index contributed by atoms with van der Waals surface area (Å²) in [5.74, 6) is 0.509. The van der Waals surface area contributed by atoms with E-state index in [4.69, 9.17) is 4.74 Å². The number of carbonyl (C=O) groups is 1. The number of nitrogens with zero attached hydrogens (tertiary/aromatic N) is 2. The van der Waals surface area contributed by atoms with Crippen LogP contribution in [-0.2, 0) is 9.53 Å². The van der Waals surface area contributed by atoms with Gasteiger partial charge in [-0.3, -0.25) is 14.7 Å². The number of nitrogens with one attached hydrogen (secondary N) is 1. The third-order valence-corrected chi connectivity index (χ3v) is 5.72. The lowest BCUT2D eigenvalue weighted by molar-refractivity contribution is -0.141. The molecule has 25 heavy (non-hydrogen) atoms. The zero-order valence-corrected chi connectivity index (χ0v) is 15.5. The Labute approximate surface area is 151 Å². The van der Waals surface area contributed by atoms with Crippen LogP contribution in [0.2, 0.25) is 0 Å². The van der Waals surface area contributed by atoms with Crippen molar-refractivity contribution in [2.24, 2.45) is 5.92 Å². The molecule has 0 radical (unpaired) electrons. The van der Waals surface area contributed by atoms with Gasteiger partial charge >= 0.3 is 0 Å². The Morgan fingerprint density at radius 2 is 1.96 bits per heavy atom. The number of pyridine rings is 1. The Morgan fingerprint density at radius 3 is 2.56 bits per heavy atom. The Kier molecular flexibility index (Phi) is 6.07. The fraction of sp³-hybridized carbons (Fsp3) is 0.700. The first-order chi connectivity index (χ1) is 12.1. The Hall–Kier alpha value is -1.46. The van der Waals surface area contributed by atoms with Crippen LogP contribution in [-0.4, -0.2) is 47.6 Å². The average Bonchev–Trinajstić information content (AvgIpc) is 2.67. The molecule has 0 bridgehead atoms. The van der Waals surface area contributed by atoms with E-state index in [9.17, 15) is 4.79 Å². The van der Waals surface area contributed by atoms with Crippen LogP contribution in [0.3, 0.4) is 0 Å². The molecule has 3 rings (SSSR count). The molecular formula is C20H31N3O2. The second-order valence-corrected chi connectivity index (χ2v) is 7.67. The molecule has 1 N–H and O–H groups in total. The molecule has 2 heterocycles. The lowest BCUT2D eigenvalue weighted by atomic mass is 9.78. The first kappa shape index (κ1) is 18.3. The van der Waals surface area contributed by atoms with Gasteiger partial charge in [0.15, 0.2) is 0 Å². The summed E-state index contributed by atoms with van der Waals surface area (Å²) in [5, 5.41) is 3.38. The fourth-order valence-electron chi connectivity index (χ4n) is 4.29. The van der Waals surface area contributed by atoms with Crippen LogP contribution in [0.1, 0.15) is 57.6 Å². The SMILES string of the molecule is CC(C)[C@@H](NC(=O)C1(N2CCOCC2)CCCCC1)c1cccnc1. The summed E-state index contributed by atoms with van der Waals surface area (Å²) in [5.41, 5.74) is 0.718. The molecule has 2 fully saturated rings. The van der Waals surface area contributed by atoms with Crippen LogP contribution in [0.4, 0.5) is 0 Å². The minimum Gasteiger partial charge on any atom is -0.379 e. The van der Waals surface area contributed by atoms with Gasteiger partial charge in [0.1, 0.15) is 5.54 Å². The predicted molar refractivity (Wildman–Crippen MR) is 98.2 cm³/mol. The fourth-order valence-corrected chi connectivity index (χ4v) is 4.29. The van der Waals surface area contributed by atoms with Crippen molar-refractivity contribution in [3.63, 3.8) is 0 Å². The van der Waals surface area contributed by atoms with E-state index >= 15 is 0 Å². The minimum atomic E-state index is -0.364. The minimum absolute atomic E-state index is 0.000965. The van der Waals surface area contributed by atoms with Crippen molar-refractivity contribution in [1.29, 1.82) is 0 Å². The lowest BCUT2D eigenvalue weighted by Crippen LogP contribution is -2.62. The summed E-state index contributed by atoms with van der Waals surface area (Å²) in [6.45, 7) is 7.47. The van der Waals surface area contributed by atoms with Crippen LogP contribution in [0, 0.1) is 5.92 Å². The maximum atomic E-state index is 13.5. The van der Waals surface area contributed by atoms with Crippen molar-refractivity contribution in [3.8, 4) is 0 Å². The van der Waals surface area contributed by atoms with E-state index in [0.29, 0.717) is 5.92 Å². The Bertz CT molecular complexity index is 549. The summed E-state index contributed by atoms with van der Waals surface area (Å²) in [6.07, 6.45) is 9.04. The standard InChI is InChI=1S/C20H31N3O2/c1-16(2)18(17-7-6-10-21-15-17)22-19(24)20(8-4-3-5-9-20)23-11-13-25-14-12-23/h6-7,10,15-16,18H,3-5,8-9,11-14H2,1-2H3,(H,22,24)/t18-/m1/s1. The highest BCUT2D eigenvalue weighted by Crippen LogP contribution is 2.35. The smallest absolute Gasteiger partial charge is 0.241 e. The van der Waals surface area contributed by atoms with Crippen molar-refractivity contribution >= 4 is 5.91 Å². The number of ether oxygens (including phenoxy) is 1. The molecular weight excluding hydrogens is 314 g/mol. The molecule has 1 aromatic heterocycles. The zero-order valence-electron chi connectivity index (χ0n) is 15.5. The molecule has 1 aromatic rings. The zero-order chi connectivity index (χ0) is 17.7. The molecule has 0 spiro atoms. The van der Waals surface area contributed by atoms with Crippen molar-refractivity contribution < 1.29 is 9.53 Å². The van der Waals surface area contributed by atoms with Gasteiger partial charge in [-0.05, 0) is 30.4 Å². The number of carbonyl (C=O) groups excluding carboxylic acids is 1. The molecule has 1 atom stereocenters. The second-order valence-electron chi connectivity index (χ2n) is 7.67. The molecule has 1 aliphatic carbocycles. The van der Waals surface area contributed by atoms with Gasteiger partial charge in [-0.2, -0.15) is 0 Å². The van der Waals surface area contributed by atoms with Gasteiger partial charge in [0, 0.05) is 25.5 Å². The van der Waals surface area contributed by atoms with Crippen LogP contribution in [0.5, 0.6) is 0 Å². The molecule has 1 saturated heterocycles. The molecule has 2 aliphatic rings. The summed E-state index contributed by atoms with van der Waals surface area (Å²) >= 11 is 0. The normalized spacial score (nSPS) is 22.5. The Morgan fingerprint density at radius 1 is 1.24 bits per heavy atom. The third-order valence-electron chi connectivity index (χ3n) is 5.72. The number of hydrogen-bond acceptors (Lipinski definition) is 4. The highest BCUT2D eigenvalue weighted by molar-refractivity contribution is 5.87. The van der Waals surface area contributed by atoms with E-state index in [0.717, 1.165) is 57.6 Å². The highest BCUT2D eigenvalue weighted by atomic mass is 16.5. The van der Waals surface area contributed by atoms with E-state index in [-0.39, 0.29) is 17.5 Å². The molecule has 0 aromatic carbocycles. The molecule has 1 amide bonds. The van der Waals surface area contributed by atoms with Crippen LogP contribution in [0.15, 0.2) is 24.5 Å². The highest BCUT2D eigenvalue weighted by Gasteiger charge is 2.45. The lowest BCUT2D eigenvalue weighted by Gasteiger charge is -2.47. The number of amides is 1. The monoisotopic (exact) mass is 345 g/mol. The van der Waals surface area contributed by atoms with E-state index in [1.54, 1.807) is 6.20 Å². The number of rotatable bonds is 5.